The smallest absolute Gasteiger partial charge is 0.133 e. The lowest BCUT2D eigenvalue weighted by atomic mass is 10.1. The van der Waals surface area contributed by atoms with Gasteiger partial charge in [0.1, 0.15) is 5.82 Å². The van der Waals surface area contributed by atoms with Crippen LogP contribution in [0.1, 0.15) is 25.0 Å². The number of nitrogens with zero attached hydrogens (tertiary/aromatic N) is 1. The molecular weight excluding hydrogens is 160 g/mol. The molecule has 1 aromatic rings. The summed E-state index contributed by atoms with van der Waals surface area (Å²) in [6.45, 7) is 6.99. The average molecular weight is 176 g/mol. The lowest BCUT2D eigenvalue weighted by Crippen LogP contribution is -2.07. The average Bonchev–Trinajstić information content (AvgIpc) is 2.22. The monoisotopic (exact) mass is 176 g/mol. The minimum Gasteiger partial charge on any atom is -0.366 e. The Balaban J connectivity index is 0.000000396. The van der Waals surface area contributed by atoms with E-state index in [1.807, 2.05) is 26.1 Å². The van der Waals surface area contributed by atoms with E-state index in [2.05, 4.69) is 29.4 Å². The minimum atomic E-state index is 0.892. The third kappa shape index (κ3) is 2.08. The van der Waals surface area contributed by atoms with Gasteiger partial charge in [-0.3, -0.25) is 0 Å². The normalized spacial score (nSPS) is 12.2. The van der Waals surface area contributed by atoms with Crippen LogP contribution in [0.15, 0.2) is 18.3 Å². The zero-order chi connectivity index (χ0) is 9.68. The zero-order valence-corrected chi connectivity index (χ0v) is 8.46. The Morgan fingerprint density at radius 2 is 2.15 bits per heavy atom. The molecule has 0 amide bonds. The number of hydrogen-bond donors (Lipinski definition) is 1. The number of pyridine rings is 1. The highest BCUT2D eigenvalue weighted by Gasteiger charge is 2.05. The van der Waals surface area contributed by atoms with Crippen LogP contribution in [0.2, 0.25) is 0 Å². The Labute approximate surface area is 79.7 Å². The summed E-state index contributed by atoms with van der Waals surface area (Å²) < 4.78 is 0. The highest BCUT2D eigenvalue weighted by molar-refractivity contribution is 5.68. The maximum absolute atomic E-state index is 4.22. The Hall–Kier alpha value is -1.31. The van der Waals surface area contributed by atoms with Gasteiger partial charge in [0, 0.05) is 18.3 Å². The van der Waals surface area contributed by atoms with Gasteiger partial charge in [-0.05, 0) is 18.6 Å². The molecule has 13 heavy (non-hydrogen) atoms. The summed E-state index contributed by atoms with van der Waals surface area (Å²) >= 11 is 0. The van der Waals surface area contributed by atoms with Gasteiger partial charge in [0.2, 0.25) is 0 Å². The molecule has 0 saturated carbocycles. The quantitative estimate of drug-likeness (QED) is 0.657. The molecule has 70 valence electrons. The molecule has 0 atom stereocenters. The first-order valence-electron chi connectivity index (χ1n) is 4.74. The maximum Gasteiger partial charge on any atom is 0.133 e. The SMILES string of the molecule is CC.Cc1ccnc2c1C=CCN2. The van der Waals surface area contributed by atoms with Gasteiger partial charge in [-0.15, -0.1) is 0 Å². The molecule has 0 fully saturated rings. The van der Waals surface area contributed by atoms with Crippen LogP contribution in [0.3, 0.4) is 0 Å². The van der Waals surface area contributed by atoms with E-state index in [0.29, 0.717) is 0 Å². The van der Waals surface area contributed by atoms with Crippen LogP contribution in [0.5, 0.6) is 0 Å². The summed E-state index contributed by atoms with van der Waals surface area (Å²) in [4.78, 5) is 4.22. The first kappa shape index (κ1) is 9.78. The second kappa shape index (κ2) is 4.65. The van der Waals surface area contributed by atoms with Gasteiger partial charge >= 0.3 is 0 Å². The van der Waals surface area contributed by atoms with Gasteiger partial charge in [0.15, 0.2) is 0 Å². The molecule has 2 nitrogen and oxygen atoms in total. The van der Waals surface area contributed by atoms with Crippen molar-refractivity contribution < 1.29 is 0 Å². The van der Waals surface area contributed by atoms with Crippen molar-refractivity contribution in [3.8, 4) is 0 Å². The molecule has 0 aliphatic carbocycles. The van der Waals surface area contributed by atoms with Crippen molar-refractivity contribution >= 4 is 11.9 Å². The maximum atomic E-state index is 4.22. The van der Waals surface area contributed by atoms with E-state index in [-0.39, 0.29) is 0 Å². The zero-order valence-electron chi connectivity index (χ0n) is 8.46. The van der Waals surface area contributed by atoms with Gasteiger partial charge in [-0.2, -0.15) is 0 Å². The number of hydrogen-bond acceptors (Lipinski definition) is 2. The lowest BCUT2D eigenvalue weighted by Gasteiger charge is -2.12. The molecule has 0 aromatic carbocycles. The fraction of sp³-hybridized carbons (Fsp3) is 0.364. The second-order valence-electron chi connectivity index (χ2n) is 2.67. The van der Waals surface area contributed by atoms with Crippen LogP contribution in [0.25, 0.3) is 6.08 Å². The molecule has 2 heterocycles. The largest absolute Gasteiger partial charge is 0.366 e. The van der Waals surface area contributed by atoms with Gasteiger partial charge in [-0.1, -0.05) is 26.0 Å². The van der Waals surface area contributed by atoms with E-state index in [0.717, 1.165) is 12.4 Å². The number of aryl methyl sites for hydroxylation is 1. The highest BCUT2D eigenvalue weighted by Crippen LogP contribution is 2.20. The van der Waals surface area contributed by atoms with E-state index in [4.69, 9.17) is 0 Å². The predicted octanol–water partition coefficient (Wildman–Crippen LogP) is 2.85. The van der Waals surface area contributed by atoms with Crippen LogP contribution < -0.4 is 5.32 Å². The molecule has 1 N–H and O–H groups in total. The van der Waals surface area contributed by atoms with Gasteiger partial charge < -0.3 is 5.32 Å². The Kier molecular flexibility index (Phi) is 3.50. The number of aromatic nitrogens is 1. The minimum absolute atomic E-state index is 0.892. The first-order valence-corrected chi connectivity index (χ1v) is 4.74. The predicted molar refractivity (Wildman–Crippen MR) is 57.8 cm³/mol. The van der Waals surface area contributed by atoms with Crippen molar-refractivity contribution in [3.63, 3.8) is 0 Å². The summed E-state index contributed by atoms with van der Waals surface area (Å²) in [6, 6.07) is 2.02. The number of fused-ring (bicyclic) bond motifs is 1. The fourth-order valence-electron chi connectivity index (χ4n) is 1.25. The van der Waals surface area contributed by atoms with Crippen LogP contribution in [-0.4, -0.2) is 11.5 Å². The molecule has 0 unspecified atom stereocenters. The van der Waals surface area contributed by atoms with Crippen LogP contribution in [0.4, 0.5) is 5.82 Å². The van der Waals surface area contributed by atoms with Crippen molar-refractivity contribution in [1.82, 2.24) is 4.98 Å². The summed E-state index contributed by atoms with van der Waals surface area (Å²) in [5, 5.41) is 3.21. The molecule has 0 spiro atoms. The molecule has 1 aromatic heterocycles. The fourth-order valence-corrected chi connectivity index (χ4v) is 1.25. The topological polar surface area (TPSA) is 24.9 Å². The summed E-state index contributed by atoms with van der Waals surface area (Å²) in [6.07, 6.45) is 6.06. The molecule has 1 aliphatic rings. The van der Waals surface area contributed by atoms with E-state index >= 15 is 0 Å². The van der Waals surface area contributed by atoms with Gasteiger partial charge in [-0.25, -0.2) is 4.98 Å². The molecule has 2 heteroatoms. The van der Waals surface area contributed by atoms with Crippen LogP contribution in [-0.2, 0) is 0 Å². The van der Waals surface area contributed by atoms with Crippen LogP contribution >= 0.6 is 0 Å². The molecule has 2 rings (SSSR count). The van der Waals surface area contributed by atoms with Crippen molar-refractivity contribution in [2.24, 2.45) is 0 Å². The van der Waals surface area contributed by atoms with E-state index in [1.54, 1.807) is 0 Å². The third-order valence-electron chi connectivity index (χ3n) is 1.88. The number of anilines is 1. The van der Waals surface area contributed by atoms with E-state index < -0.39 is 0 Å². The summed E-state index contributed by atoms with van der Waals surface area (Å²) in [5.74, 6) is 1.01. The van der Waals surface area contributed by atoms with Crippen molar-refractivity contribution in [2.75, 3.05) is 11.9 Å². The lowest BCUT2D eigenvalue weighted by molar-refractivity contribution is 1.18. The van der Waals surface area contributed by atoms with Gasteiger partial charge in [0.25, 0.3) is 0 Å². The molecule has 0 radical (unpaired) electrons. The molecule has 0 saturated heterocycles. The van der Waals surface area contributed by atoms with Gasteiger partial charge in [0.05, 0.1) is 0 Å². The summed E-state index contributed by atoms with van der Waals surface area (Å²) in [7, 11) is 0. The van der Waals surface area contributed by atoms with Crippen LogP contribution in [0, 0.1) is 6.92 Å². The molecule has 1 aliphatic heterocycles. The van der Waals surface area contributed by atoms with Crippen molar-refractivity contribution in [1.29, 1.82) is 0 Å². The molecule has 0 bridgehead atoms. The number of rotatable bonds is 0. The Morgan fingerprint density at radius 3 is 2.85 bits per heavy atom. The third-order valence-corrected chi connectivity index (χ3v) is 1.88. The Morgan fingerprint density at radius 1 is 1.38 bits per heavy atom. The van der Waals surface area contributed by atoms with E-state index in [9.17, 15) is 0 Å². The second-order valence-corrected chi connectivity index (χ2v) is 2.67. The van der Waals surface area contributed by atoms with Crippen molar-refractivity contribution in [3.05, 3.63) is 29.5 Å². The van der Waals surface area contributed by atoms with Crippen molar-refractivity contribution in [2.45, 2.75) is 20.8 Å². The van der Waals surface area contributed by atoms with E-state index in [1.165, 1.54) is 11.1 Å². The summed E-state index contributed by atoms with van der Waals surface area (Å²) in [5.41, 5.74) is 2.50. The standard InChI is InChI=1S/C9H10N2.C2H6/c1-7-4-6-11-9-8(7)3-2-5-10-9;1-2/h2-4,6H,5H2,1H3,(H,10,11);1-2H3. The highest BCUT2D eigenvalue weighted by atomic mass is 15.0. The molecular formula is C11H16N2. The first-order chi connectivity index (χ1) is 6.38. The number of nitrogens with one attached hydrogen (secondary N) is 1. The Bertz CT molecular complexity index is 303.